The third kappa shape index (κ3) is 3.49. The zero-order valence-electron chi connectivity index (χ0n) is 15.3. The zero-order chi connectivity index (χ0) is 19.0. The van der Waals surface area contributed by atoms with E-state index in [0.717, 1.165) is 5.56 Å². The van der Waals surface area contributed by atoms with Crippen molar-refractivity contribution in [2.24, 2.45) is 0 Å². The van der Waals surface area contributed by atoms with Gasteiger partial charge in [-0.1, -0.05) is 37.3 Å². The maximum Gasteiger partial charge on any atom is 0.302 e. The van der Waals surface area contributed by atoms with E-state index in [9.17, 15) is 9.90 Å². The van der Waals surface area contributed by atoms with Crippen LogP contribution in [-0.2, 0) is 33.2 Å². The summed E-state index contributed by atoms with van der Waals surface area (Å²) >= 11 is 0. The Kier molecular flexibility index (Phi) is 5.19. The number of rotatable bonds is 4. The first-order valence-corrected chi connectivity index (χ1v) is 9.15. The molecule has 3 saturated heterocycles. The van der Waals surface area contributed by atoms with Crippen LogP contribution in [0.4, 0.5) is 0 Å². The number of fused-ring (bicyclic) bond motifs is 2. The van der Waals surface area contributed by atoms with Crippen LogP contribution < -0.4 is 0 Å². The Labute approximate surface area is 157 Å². The highest BCUT2D eigenvalue weighted by Crippen LogP contribution is 2.44. The van der Waals surface area contributed by atoms with Crippen LogP contribution in [0.15, 0.2) is 30.3 Å². The first-order chi connectivity index (χ1) is 13.0. The van der Waals surface area contributed by atoms with Crippen LogP contribution in [0.1, 0.15) is 32.1 Å². The van der Waals surface area contributed by atoms with Crippen LogP contribution in [0.3, 0.4) is 0 Å². The van der Waals surface area contributed by atoms with Gasteiger partial charge in [-0.3, -0.25) is 4.79 Å². The lowest BCUT2D eigenvalue weighted by Gasteiger charge is -2.50. The summed E-state index contributed by atoms with van der Waals surface area (Å²) in [5.74, 6) is -0.499. The minimum absolute atomic E-state index is 0.204. The molecule has 1 N–H and O–H groups in total. The van der Waals surface area contributed by atoms with E-state index in [-0.39, 0.29) is 13.2 Å². The Balaban J connectivity index is 1.61. The SMILES string of the molecule is CC[C@@H]1O[C@H]2O[C@@H]3COC(c4ccccc4)O[C@H]3[C@@](O)(COC(C)=O)[C@H]2O1. The van der Waals surface area contributed by atoms with Crippen molar-refractivity contribution in [1.82, 2.24) is 0 Å². The minimum Gasteiger partial charge on any atom is -0.463 e. The maximum absolute atomic E-state index is 11.5. The van der Waals surface area contributed by atoms with Gasteiger partial charge in [-0.2, -0.15) is 0 Å². The fourth-order valence-electron chi connectivity index (χ4n) is 3.71. The van der Waals surface area contributed by atoms with E-state index >= 15 is 0 Å². The van der Waals surface area contributed by atoms with Crippen LogP contribution in [-0.4, -0.2) is 60.8 Å². The molecule has 0 saturated carbocycles. The number of hydrogen-bond acceptors (Lipinski definition) is 8. The number of benzene rings is 1. The van der Waals surface area contributed by atoms with Crippen LogP contribution in [0.25, 0.3) is 0 Å². The Morgan fingerprint density at radius 1 is 1.19 bits per heavy atom. The summed E-state index contributed by atoms with van der Waals surface area (Å²) in [7, 11) is 0. The highest BCUT2D eigenvalue weighted by atomic mass is 16.8. The Hall–Kier alpha value is -1.55. The maximum atomic E-state index is 11.5. The van der Waals surface area contributed by atoms with E-state index in [4.69, 9.17) is 28.4 Å². The molecule has 0 bridgehead atoms. The number of aliphatic hydroxyl groups is 1. The number of ether oxygens (including phenoxy) is 6. The number of carbonyl (C=O) groups is 1. The van der Waals surface area contributed by atoms with Gasteiger partial charge < -0.3 is 33.5 Å². The molecule has 27 heavy (non-hydrogen) atoms. The van der Waals surface area contributed by atoms with Crippen LogP contribution in [0, 0.1) is 0 Å². The predicted molar refractivity (Wildman–Crippen MR) is 90.3 cm³/mol. The molecule has 8 nitrogen and oxygen atoms in total. The molecule has 3 aliphatic rings. The van der Waals surface area contributed by atoms with E-state index in [1.165, 1.54) is 6.92 Å². The minimum atomic E-state index is -1.63. The van der Waals surface area contributed by atoms with Crippen LogP contribution >= 0.6 is 0 Å². The third-order valence-electron chi connectivity index (χ3n) is 5.06. The summed E-state index contributed by atoms with van der Waals surface area (Å²) in [5.41, 5.74) is -0.803. The fraction of sp³-hybridized carbons (Fsp3) is 0.632. The number of carbonyl (C=O) groups excluding carboxylic acids is 1. The van der Waals surface area contributed by atoms with Gasteiger partial charge in [0.25, 0.3) is 0 Å². The molecule has 1 unspecified atom stereocenters. The summed E-state index contributed by atoms with van der Waals surface area (Å²) in [6.07, 6.45) is -3.58. The molecule has 0 amide bonds. The fourth-order valence-corrected chi connectivity index (χ4v) is 3.71. The second-order valence-electron chi connectivity index (χ2n) is 6.98. The van der Waals surface area contributed by atoms with Gasteiger partial charge >= 0.3 is 5.97 Å². The predicted octanol–water partition coefficient (Wildman–Crippen LogP) is 1.27. The van der Waals surface area contributed by atoms with Crippen LogP contribution in [0.2, 0.25) is 0 Å². The van der Waals surface area contributed by atoms with Gasteiger partial charge in [-0.25, -0.2) is 0 Å². The van der Waals surface area contributed by atoms with Gasteiger partial charge in [0.15, 0.2) is 24.5 Å². The molecule has 3 fully saturated rings. The molecule has 0 radical (unpaired) electrons. The standard InChI is InChI=1S/C19H24O8/c1-3-14-25-16-18(26-14)24-13-9-22-17(12-7-5-4-6-8-12)27-15(13)19(16,21)10-23-11(2)20/h4-8,13-18,21H,3,9-10H2,1-2H3/t13-,14+,15-,16+,17?,18-,19+/m1/s1. The Morgan fingerprint density at radius 3 is 2.67 bits per heavy atom. The van der Waals surface area contributed by atoms with E-state index in [2.05, 4.69) is 0 Å². The second kappa shape index (κ2) is 7.46. The molecule has 148 valence electrons. The van der Waals surface area contributed by atoms with E-state index in [1.54, 1.807) is 0 Å². The number of esters is 1. The smallest absolute Gasteiger partial charge is 0.302 e. The zero-order valence-corrected chi connectivity index (χ0v) is 15.3. The van der Waals surface area contributed by atoms with Gasteiger partial charge in [0, 0.05) is 12.5 Å². The summed E-state index contributed by atoms with van der Waals surface area (Å²) < 4.78 is 34.5. The lowest BCUT2D eigenvalue weighted by atomic mass is 9.84. The molecule has 0 aliphatic carbocycles. The molecule has 3 heterocycles. The van der Waals surface area contributed by atoms with Gasteiger partial charge in [-0.15, -0.1) is 0 Å². The highest BCUT2D eigenvalue weighted by molar-refractivity contribution is 5.66. The van der Waals surface area contributed by atoms with Crippen molar-refractivity contribution < 1.29 is 38.3 Å². The van der Waals surface area contributed by atoms with Gasteiger partial charge in [-0.05, 0) is 6.42 Å². The second-order valence-corrected chi connectivity index (χ2v) is 6.98. The lowest BCUT2D eigenvalue weighted by Crippen LogP contribution is -2.70. The van der Waals surface area contributed by atoms with E-state index in [0.29, 0.717) is 6.42 Å². The molecule has 7 atom stereocenters. The average Bonchev–Trinajstić information content (AvgIpc) is 3.11. The Morgan fingerprint density at radius 2 is 1.96 bits per heavy atom. The van der Waals surface area contributed by atoms with Gasteiger partial charge in [0.1, 0.15) is 24.9 Å². The van der Waals surface area contributed by atoms with Crippen molar-refractivity contribution in [3.05, 3.63) is 35.9 Å². The normalized spacial score (nSPS) is 40.9. The van der Waals surface area contributed by atoms with Gasteiger partial charge in [0.2, 0.25) is 0 Å². The molecule has 4 rings (SSSR count). The van der Waals surface area contributed by atoms with E-state index in [1.807, 2.05) is 37.3 Å². The molecule has 1 aromatic carbocycles. The molecular weight excluding hydrogens is 356 g/mol. The molecule has 0 aromatic heterocycles. The summed E-state index contributed by atoms with van der Waals surface area (Å²) in [5, 5.41) is 11.5. The van der Waals surface area contributed by atoms with Crippen molar-refractivity contribution >= 4 is 5.97 Å². The average molecular weight is 380 g/mol. The van der Waals surface area contributed by atoms with Crippen molar-refractivity contribution in [3.8, 4) is 0 Å². The Bertz CT molecular complexity index is 667. The van der Waals surface area contributed by atoms with Crippen molar-refractivity contribution in [2.45, 2.75) is 63.1 Å². The van der Waals surface area contributed by atoms with Gasteiger partial charge in [0.05, 0.1) is 6.61 Å². The van der Waals surface area contributed by atoms with E-state index < -0.39 is 48.8 Å². The largest absolute Gasteiger partial charge is 0.463 e. The van der Waals surface area contributed by atoms with Crippen LogP contribution in [0.5, 0.6) is 0 Å². The summed E-state index contributed by atoms with van der Waals surface area (Å²) in [6, 6.07) is 9.42. The number of hydrogen-bond donors (Lipinski definition) is 1. The van der Waals surface area contributed by atoms with Crippen molar-refractivity contribution in [2.75, 3.05) is 13.2 Å². The monoisotopic (exact) mass is 380 g/mol. The first-order valence-electron chi connectivity index (χ1n) is 9.15. The molecule has 3 aliphatic heterocycles. The summed E-state index contributed by atoms with van der Waals surface area (Å²) in [4.78, 5) is 11.4. The topological polar surface area (TPSA) is 92.7 Å². The summed E-state index contributed by atoms with van der Waals surface area (Å²) in [6.45, 7) is 3.12. The highest BCUT2D eigenvalue weighted by Gasteiger charge is 2.63. The quantitative estimate of drug-likeness (QED) is 0.781. The molecule has 8 heteroatoms. The first kappa shape index (κ1) is 18.8. The molecule has 1 aromatic rings. The lowest BCUT2D eigenvalue weighted by molar-refractivity contribution is -0.367. The van der Waals surface area contributed by atoms with Crippen molar-refractivity contribution in [3.63, 3.8) is 0 Å². The van der Waals surface area contributed by atoms with Crippen molar-refractivity contribution in [1.29, 1.82) is 0 Å². The molecule has 0 spiro atoms. The molecular formula is C19H24O8. The third-order valence-corrected chi connectivity index (χ3v) is 5.06.